The molecule has 2 aromatic rings. The van der Waals surface area contributed by atoms with Crippen molar-refractivity contribution in [2.45, 2.75) is 26.0 Å². The summed E-state index contributed by atoms with van der Waals surface area (Å²) < 4.78 is 5.51. The summed E-state index contributed by atoms with van der Waals surface area (Å²) in [6.07, 6.45) is -0.532. The third-order valence-corrected chi connectivity index (χ3v) is 4.42. The molecule has 0 aliphatic carbocycles. The van der Waals surface area contributed by atoms with E-state index in [0.29, 0.717) is 32.9 Å². The number of amides is 2. The number of fused-ring (bicyclic) bond motifs is 1. The van der Waals surface area contributed by atoms with E-state index in [-0.39, 0.29) is 11.8 Å². The van der Waals surface area contributed by atoms with E-state index in [1.165, 1.54) is 0 Å². The van der Waals surface area contributed by atoms with Crippen LogP contribution in [0.4, 0.5) is 17.1 Å². The fourth-order valence-electron chi connectivity index (χ4n) is 2.45. The summed E-state index contributed by atoms with van der Waals surface area (Å²) in [5.41, 5.74) is 1.72. The zero-order valence-electron chi connectivity index (χ0n) is 14.1. The maximum Gasteiger partial charge on any atom is 0.265 e. The summed E-state index contributed by atoms with van der Waals surface area (Å²) in [5.74, 6) is 0.117. The van der Waals surface area contributed by atoms with Crippen LogP contribution in [-0.2, 0) is 9.59 Å². The molecular weight excluding hydrogens is 377 g/mol. The highest BCUT2D eigenvalue weighted by molar-refractivity contribution is 6.36. The maximum atomic E-state index is 12.4. The van der Waals surface area contributed by atoms with Crippen molar-refractivity contribution < 1.29 is 14.3 Å². The Labute approximate surface area is 160 Å². The summed E-state index contributed by atoms with van der Waals surface area (Å²) in [5, 5.41) is 9.45. The SMILES string of the molecule is CC(Nc1ccc2c(c1)NC(=O)C(C)O2)C(=O)Nc1ccc(Cl)cc1Cl. The molecule has 0 spiro atoms. The van der Waals surface area contributed by atoms with E-state index in [2.05, 4.69) is 16.0 Å². The van der Waals surface area contributed by atoms with Gasteiger partial charge in [-0.15, -0.1) is 0 Å². The number of ether oxygens (including phenoxy) is 1. The second kappa shape index (κ2) is 7.43. The van der Waals surface area contributed by atoms with Crippen molar-refractivity contribution >= 4 is 52.1 Å². The van der Waals surface area contributed by atoms with Crippen LogP contribution in [0.25, 0.3) is 0 Å². The van der Waals surface area contributed by atoms with Crippen LogP contribution >= 0.6 is 23.2 Å². The second-order valence-corrected chi connectivity index (χ2v) is 6.78. The first-order chi connectivity index (χ1) is 12.3. The Hall–Kier alpha value is -2.44. The second-order valence-electron chi connectivity index (χ2n) is 5.94. The largest absolute Gasteiger partial charge is 0.479 e. The first kappa shape index (κ1) is 18.4. The van der Waals surface area contributed by atoms with Gasteiger partial charge in [0.05, 0.1) is 16.4 Å². The van der Waals surface area contributed by atoms with Crippen LogP contribution < -0.4 is 20.7 Å². The van der Waals surface area contributed by atoms with E-state index < -0.39 is 12.1 Å². The molecule has 26 heavy (non-hydrogen) atoms. The fraction of sp³-hybridized carbons (Fsp3) is 0.222. The molecule has 6 nitrogen and oxygen atoms in total. The summed E-state index contributed by atoms with van der Waals surface area (Å²) >= 11 is 11.9. The Morgan fingerprint density at radius 3 is 2.73 bits per heavy atom. The molecular formula is C18H17Cl2N3O3. The van der Waals surface area contributed by atoms with Crippen molar-refractivity contribution in [3.63, 3.8) is 0 Å². The molecule has 0 saturated carbocycles. The Kier molecular flexibility index (Phi) is 5.25. The van der Waals surface area contributed by atoms with Crippen molar-refractivity contribution in [1.82, 2.24) is 0 Å². The Bertz CT molecular complexity index is 873. The minimum atomic E-state index is -0.543. The number of carbonyl (C=O) groups is 2. The predicted octanol–water partition coefficient (Wildman–Crippen LogP) is 4.15. The van der Waals surface area contributed by atoms with Gasteiger partial charge in [0, 0.05) is 10.7 Å². The van der Waals surface area contributed by atoms with Crippen molar-refractivity contribution in [2.75, 3.05) is 16.0 Å². The van der Waals surface area contributed by atoms with Crippen molar-refractivity contribution in [3.8, 4) is 5.75 Å². The van der Waals surface area contributed by atoms with Gasteiger partial charge in [0.25, 0.3) is 5.91 Å². The van der Waals surface area contributed by atoms with E-state index in [4.69, 9.17) is 27.9 Å². The average molecular weight is 394 g/mol. The third-order valence-electron chi connectivity index (χ3n) is 3.88. The van der Waals surface area contributed by atoms with E-state index in [0.717, 1.165) is 0 Å². The number of rotatable bonds is 4. The number of carbonyl (C=O) groups excluding carboxylic acids is 2. The lowest BCUT2D eigenvalue weighted by molar-refractivity contribution is -0.122. The molecule has 0 aromatic heterocycles. The monoisotopic (exact) mass is 393 g/mol. The number of hydrogen-bond acceptors (Lipinski definition) is 4. The zero-order chi connectivity index (χ0) is 18.8. The lowest BCUT2D eigenvalue weighted by Crippen LogP contribution is -2.34. The number of hydrogen-bond donors (Lipinski definition) is 3. The summed E-state index contributed by atoms with van der Waals surface area (Å²) in [6.45, 7) is 3.40. The highest BCUT2D eigenvalue weighted by Gasteiger charge is 2.24. The van der Waals surface area contributed by atoms with Gasteiger partial charge in [-0.1, -0.05) is 23.2 Å². The van der Waals surface area contributed by atoms with E-state index in [1.807, 2.05) is 0 Å². The van der Waals surface area contributed by atoms with Crippen LogP contribution in [0.5, 0.6) is 5.75 Å². The molecule has 2 atom stereocenters. The minimum Gasteiger partial charge on any atom is -0.479 e. The number of nitrogens with one attached hydrogen (secondary N) is 3. The molecule has 8 heteroatoms. The van der Waals surface area contributed by atoms with Gasteiger partial charge in [0.1, 0.15) is 11.8 Å². The van der Waals surface area contributed by atoms with Crippen molar-refractivity contribution in [2.24, 2.45) is 0 Å². The van der Waals surface area contributed by atoms with Gasteiger partial charge in [0.2, 0.25) is 5.91 Å². The Morgan fingerprint density at radius 2 is 2.00 bits per heavy atom. The molecule has 1 aliphatic heterocycles. The van der Waals surface area contributed by atoms with Gasteiger partial charge in [-0.05, 0) is 50.2 Å². The lowest BCUT2D eigenvalue weighted by atomic mass is 10.2. The molecule has 3 N–H and O–H groups in total. The summed E-state index contributed by atoms with van der Waals surface area (Å²) in [4.78, 5) is 24.1. The molecule has 0 bridgehead atoms. The number of benzene rings is 2. The maximum absolute atomic E-state index is 12.4. The van der Waals surface area contributed by atoms with Crippen LogP contribution in [0.1, 0.15) is 13.8 Å². The van der Waals surface area contributed by atoms with Crippen LogP contribution in [0.3, 0.4) is 0 Å². The highest BCUT2D eigenvalue weighted by atomic mass is 35.5. The zero-order valence-corrected chi connectivity index (χ0v) is 15.6. The quantitative estimate of drug-likeness (QED) is 0.728. The molecule has 136 valence electrons. The van der Waals surface area contributed by atoms with Gasteiger partial charge in [0.15, 0.2) is 6.10 Å². The highest BCUT2D eigenvalue weighted by Crippen LogP contribution is 2.32. The number of halogens is 2. The smallest absolute Gasteiger partial charge is 0.265 e. The molecule has 0 saturated heterocycles. The normalized spacial score (nSPS) is 16.8. The van der Waals surface area contributed by atoms with Crippen LogP contribution in [0.2, 0.25) is 10.0 Å². The Balaban J connectivity index is 1.68. The molecule has 3 rings (SSSR count). The topological polar surface area (TPSA) is 79.5 Å². The van der Waals surface area contributed by atoms with Gasteiger partial charge in [-0.3, -0.25) is 9.59 Å². The van der Waals surface area contributed by atoms with Crippen molar-refractivity contribution in [3.05, 3.63) is 46.4 Å². The van der Waals surface area contributed by atoms with Gasteiger partial charge >= 0.3 is 0 Å². The Morgan fingerprint density at radius 1 is 1.23 bits per heavy atom. The molecule has 1 heterocycles. The predicted molar refractivity (Wildman–Crippen MR) is 103 cm³/mol. The van der Waals surface area contributed by atoms with Gasteiger partial charge in [-0.2, -0.15) is 0 Å². The van der Waals surface area contributed by atoms with Crippen LogP contribution in [-0.4, -0.2) is 24.0 Å². The lowest BCUT2D eigenvalue weighted by Gasteiger charge is -2.24. The number of anilines is 3. The van der Waals surface area contributed by atoms with Crippen LogP contribution in [0.15, 0.2) is 36.4 Å². The molecule has 0 radical (unpaired) electrons. The first-order valence-electron chi connectivity index (χ1n) is 7.97. The molecule has 1 aliphatic rings. The summed E-state index contributed by atoms with van der Waals surface area (Å²) in [6, 6.07) is 9.55. The molecule has 2 unspecified atom stereocenters. The fourth-order valence-corrected chi connectivity index (χ4v) is 2.90. The van der Waals surface area contributed by atoms with Gasteiger partial charge in [-0.25, -0.2) is 0 Å². The van der Waals surface area contributed by atoms with Gasteiger partial charge < -0.3 is 20.7 Å². The standard InChI is InChI=1S/C18H17Cl2N3O3/c1-9(17(24)22-14-5-3-11(19)7-13(14)20)21-12-4-6-16-15(8-12)23-18(25)10(2)26-16/h3-10,21H,1-2H3,(H,22,24)(H,23,25). The van der Waals surface area contributed by atoms with E-state index in [1.54, 1.807) is 50.2 Å². The molecule has 0 fully saturated rings. The average Bonchev–Trinajstić information content (AvgIpc) is 2.58. The molecule has 2 amide bonds. The van der Waals surface area contributed by atoms with Crippen LogP contribution in [0, 0.1) is 0 Å². The summed E-state index contributed by atoms with van der Waals surface area (Å²) in [7, 11) is 0. The third kappa shape index (κ3) is 4.03. The van der Waals surface area contributed by atoms with E-state index in [9.17, 15) is 9.59 Å². The first-order valence-corrected chi connectivity index (χ1v) is 8.73. The van der Waals surface area contributed by atoms with Crippen molar-refractivity contribution in [1.29, 1.82) is 0 Å². The van der Waals surface area contributed by atoms with E-state index >= 15 is 0 Å². The minimum absolute atomic E-state index is 0.210. The molecule has 2 aromatic carbocycles.